The van der Waals surface area contributed by atoms with Gasteiger partial charge < -0.3 is 25.8 Å². The zero-order valence-electron chi connectivity index (χ0n) is 21.0. The van der Waals surface area contributed by atoms with E-state index < -0.39 is 5.97 Å². The van der Waals surface area contributed by atoms with Crippen LogP contribution in [0.15, 0.2) is 42.6 Å². The Bertz CT molecular complexity index is 1180. The fourth-order valence-electron chi connectivity index (χ4n) is 4.65. The molecular formula is C27H32N4O6S. The first kappa shape index (κ1) is 27.4. The minimum Gasteiger partial charge on any atom is -0.486 e. The number of carboxylic acid groups (broad SMARTS) is 1. The number of nitrogens with one attached hydrogen (secondary N) is 3. The van der Waals surface area contributed by atoms with Gasteiger partial charge in [-0.05, 0) is 43.0 Å². The number of aromatic carboxylic acids is 1. The highest BCUT2D eigenvalue weighted by molar-refractivity contribution is 8.00. The Morgan fingerprint density at radius 2 is 1.97 bits per heavy atom. The van der Waals surface area contributed by atoms with Gasteiger partial charge in [0.05, 0.1) is 12.1 Å². The van der Waals surface area contributed by atoms with Gasteiger partial charge in [-0.1, -0.05) is 24.6 Å². The second kappa shape index (κ2) is 13.3. The number of fused-ring (bicyclic) bond motifs is 1. The molecule has 3 atom stereocenters. The molecule has 2 saturated heterocycles. The smallest absolute Gasteiger partial charge is 0.358 e. The summed E-state index contributed by atoms with van der Waals surface area (Å²) in [5.41, 5.74) is 1.12. The number of Topliss-reactive ketones (excluding diaryl/α,β-unsaturated/α-hetero) is 1. The molecule has 3 unspecified atom stereocenters. The normalized spacial score (nSPS) is 19.8. The third kappa shape index (κ3) is 7.47. The SMILES string of the molecule is O=C(CCCCC1SCC2NC(=O)NC21)NCCCC(=O)c1cccc(COc2cccnc2C(=O)O)c1. The molecule has 1 aromatic heterocycles. The van der Waals surface area contributed by atoms with Crippen LogP contribution < -0.4 is 20.7 Å². The quantitative estimate of drug-likeness (QED) is 0.162. The van der Waals surface area contributed by atoms with Crippen molar-refractivity contribution in [3.63, 3.8) is 0 Å². The number of unbranched alkanes of at least 4 members (excludes halogenated alkanes) is 1. The van der Waals surface area contributed by atoms with Gasteiger partial charge in [0.2, 0.25) is 5.91 Å². The molecule has 1 aromatic carbocycles. The van der Waals surface area contributed by atoms with E-state index in [2.05, 4.69) is 20.9 Å². The summed E-state index contributed by atoms with van der Waals surface area (Å²) in [6.07, 6.45) is 5.38. The molecule has 11 heteroatoms. The molecule has 4 N–H and O–H groups in total. The van der Waals surface area contributed by atoms with Gasteiger partial charge in [-0.3, -0.25) is 9.59 Å². The second-order valence-electron chi connectivity index (χ2n) is 9.39. The zero-order chi connectivity index (χ0) is 26.9. The number of nitrogens with zero attached hydrogens (tertiary/aromatic N) is 1. The molecule has 2 aliphatic rings. The number of hydrogen-bond acceptors (Lipinski definition) is 7. The Morgan fingerprint density at radius 1 is 1.11 bits per heavy atom. The molecular weight excluding hydrogens is 508 g/mol. The third-order valence-electron chi connectivity index (χ3n) is 6.60. The molecule has 2 aromatic rings. The average molecular weight is 541 g/mol. The lowest BCUT2D eigenvalue weighted by Crippen LogP contribution is -2.36. The lowest BCUT2D eigenvalue weighted by molar-refractivity contribution is -0.121. The van der Waals surface area contributed by atoms with Crippen LogP contribution in [0.25, 0.3) is 0 Å². The summed E-state index contributed by atoms with van der Waals surface area (Å²) in [6.45, 7) is 0.543. The van der Waals surface area contributed by atoms with E-state index in [0.717, 1.165) is 30.6 Å². The lowest BCUT2D eigenvalue weighted by Gasteiger charge is -2.16. The number of thioether (sulfide) groups is 1. The molecule has 4 rings (SSSR count). The van der Waals surface area contributed by atoms with Crippen LogP contribution in [0.5, 0.6) is 5.75 Å². The molecule has 2 aliphatic heterocycles. The van der Waals surface area contributed by atoms with E-state index in [-0.39, 0.29) is 47.9 Å². The van der Waals surface area contributed by atoms with Crippen molar-refractivity contribution in [2.45, 2.75) is 62.5 Å². The fourth-order valence-corrected chi connectivity index (χ4v) is 6.19. The first-order valence-electron chi connectivity index (χ1n) is 12.8. The maximum Gasteiger partial charge on any atom is 0.358 e. The van der Waals surface area contributed by atoms with Crippen LogP contribution in [0.3, 0.4) is 0 Å². The topological polar surface area (TPSA) is 147 Å². The maximum absolute atomic E-state index is 12.6. The number of carbonyl (C=O) groups is 4. The van der Waals surface area contributed by atoms with Gasteiger partial charge in [0, 0.05) is 42.1 Å². The third-order valence-corrected chi connectivity index (χ3v) is 8.11. The molecule has 0 aliphatic carbocycles. The van der Waals surface area contributed by atoms with Crippen molar-refractivity contribution in [1.82, 2.24) is 20.9 Å². The van der Waals surface area contributed by atoms with Gasteiger partial charge in [-0.25, -0.2) is 14.6 Å². The van der Waals surface area contributed by atoms with Crippen molar-refractivity contribution in [2.24, 2.45) is 0 Å². The van der Waals surface area contributed by atoms with Crippen molar-refractivity contribution in [1.29, 1.82) is 0 Å². The summed E-state index contributed by atoms with van der Waals surface area (Å²) in [6, 6.07) is 10.5. The fraction of sp³-hybridized carbons (Fsp3) is 0.444. The molecule has 202 valence electrons. The van der Waals surface area contributed by atoms with E-state index in [9.17, 15) is 24.3 Å². The molecule has 3 heterocycles. The summed E-state index contributed by atoms with van der Waals surface area (Å²) < 4.78 is 5.61. The van der Waals surface area contributed by atoms with Gasteiger partial charge in [0.1, 0.15) is 6.61 Å². The minimum atomic E-state index is -1.17. The van der Waals surface area contributed by atoms with Crippen LogP contribution in [0.1, 0.15) is 64.9 Å². The van der Waals surface area contributed by atoms with E-state index in [1.807, 2.05) is 11.8 Å². The maximum atomic E-state index is 12.6. The van der Waals surface area contributed by atoms with E-state index >= 15 is 0 Å². The average Bonchev–Trinajstić information content (AvgIpc) is 3.47. The number of hydrogen-bond donors (Lipinski definition) is 4. The molecule has 0 bridgehead atoms. The Kier molecular flexibility index (Phi) is 9.58. The summed E-state index contributed by atoms with van der Waals surface area (Å²) >= 11 is 1.88. The highest BCUT2D eigenvalue weighted by Gasteiger charge is 2.42. The van der Waals surface area contributed by atoms with Crippen molar-refractivity contribution in [3.8, 4) is 5.75 Å². The number of ketones is 1. The predicted molar refractivity (Wildman–Crippen MR) is 143 cm³/mol. The van der Waals surface area contributed by atoms with Gasteiger partial charge >= 0.3 is 12.0 Å². The zero-order valence-corrected chi connectivity index (χ0v) is 21.8. The first-order chi connectivity index (χ1) is 18.4. The Labute approximate surface area is 225 Å². The lowest BCUT2D eigenvalue weighted by atomic mass is 10.0. The molecule has 38 heavy (non-hydrogen) atoms. The number of rotatable bonds is 14. The minimum absolute atomic E-state index is 0.0134. The Hall–Kier alpha value is -3.60. The van der Waals surface area contributed by atoms with Crippen molar-refractivity contribution in [2.75, 3.05) is 12.3 Å². The van der Waals surface area contributed by atoms with E-state index in [0.29, 0.717) is 36.6 Å². The monoisotopic (exact) mass is 540 g/mol. The van der Waals surface area contributed by atoms with Crippen molar-refractivity contribution in [3.05, 3.63) is 59.4 Å². The highest BCUT2D eigenvalue weighted by Crippen LogP contribution is 2.33. The van der Waals surface area contributed by atoms with Crippen molar-refractivity contribution < 1.29 is 29.0 Å². The van der Waals surface area contributed by atoms with Crippen LogP contribution >= 0.6 is 11.8 Å². The largest absolute Gasteiger partial charge is 0.486 e. The first-order valence-corrected chi connectivity index (χ1v) is 13.8. The Balaban J connectivity index is 1.11. The number of pyridine rings is 1. The molecule has 10 nitrogen and oxygen atoms in total. The molecule has 0 saturated carbocycles. The standard InChI is InChI=1S/C27H32N4O6S/c32-20(18-7-3-6-17(14-18)15-37-21-9-5-13-29-25(21)26(34)35)8-4-12-28-23(33)11-2-1-10-22-24-19(16-38-22)30-27(36)31-24/h3,5-7,9,13-14,19,22,24H,1-2,4,8,10-12,15-16H2,(H,28,33)(H,34,35)(H2,30,31,36). The number of benzene rings is 1. The van der Waals surface area contributed by atoms with Crippen LogP contribution in [-0.2, 0) is 11.4 Å². The Morgan fingerprint density at radius 3 is 2.82 bits per heavy atom. The second-order valence-corrected chi connectivity index (χ2v) is 10.7. The van der Waals surface area contributed by atoms with Gasteiger partial charge in [0.25, 0.3) is 0 Å². The highest BCUT2D eigenvalue weighted by atomic mass is 32.2. The van der Waals surface area contributed by atoms with Crippen LogP contribution in [0.4, 0.5) is 4.79 Å². The van der Waals surface area contributed by atoms with Gasteiger partial charge in [-0.2, -0.15) is 11.8 Å². The van der Waals surface area contributed by atoms with E-state index in [1.54, 1.807) is 30.3 Å². The number of ether oxygens (including phenoxy) is 1. The summed E-state index contributed by atoms with van der Waals surface area (Å²) in [5.74, 6) is -0.117. The molecule has 0 radical (unpaired) electrons. The number of amides is 3. The van der Waals surface area contributed by atoms with Crippen LogP contribution in [-0.4, -0.2) is 63.4 Å². The summed E-state index contributed by atoms with van der Waals surface area (Å²) in [4.78, 5) is 51.3. The van der Waals surface area contributed by atoms with Crippen molar-refractivity contribution >= 4 is 35.5 Å². The van der Waals surface area contributed by atoms with Crippen LogP contribution in [0.2, 0.25) is 0 Å². The van der Waals surface area contributed by atoms with Gasteiger partial charge in [-0.15, -0.1) is 0 Å². The summed E-state index contributed by atoms with van der Waals surface area (Å²) in [5, 5.41) is 18.4. The predicted octanol–water partition coefficient (Wildman–Crippen LogP) is 3.16. The number of aromatic nitrogens is 1. The molecule has 3 amide bonds. The van der Waals surface area contributed by atoms with Gasteiger partial charge in [0.15, 0.2) is 17.2 Å². The van der Waals surface area contributed by atoms with Crippen LogP contribution in [0, 0.1) is 0 Å². The number of carbonyl (C=O) groups excluding carboxylic acids is 3. The molecule has 2 fully saturated rings. The van der Waals surface area contributed by atoms with E-state index in [4.69, 9.17) is 4.74 Å². The molecule has 0 spiro atoms. The number of carboxylic acids is 1. The summed E-state index contributed by atoms with van der Waals surface area (Å²) in [7, 11) is 0. The number of urea groups is 1. The van der Waals surface area contributed by atoms with E-state index in [1.165, 1.54) is 12.3 Å².